The zero-order valence-corrected chi connectivity index (χ0v) is 11.5. The highest BCUT2D eigenvalue weighted by atomic mass is 15.1. The van der Waals surface area contributed by atoms with Gasteiger partial charge in [-0.25, -0.2) is 4.98 Å². The Balaban J connectivity index is 1.59. The maximum atomic E-state index is 4.75. The quantitative estimate of drug-likeness (QED) is 0.886. The summed E-state index contributed by atoms with van der Waals surface area (Å²) in [4.78, 5) is 4.75. The maximum absolute atomic E-state index is 4.75. The Morgan fingerprint density at radius 2 is 2.17 bits per heavy atom. The second-order valence-electron chi connectivity index (χ2n) is 5.85. The molecule has 18 heavy (non-hydrogen) atoms. The molecular weight excluding hydrogens is 222 g/mol. The van der Waals surface area contributed by atoms with E-state index in [1.165, 1.54) is 81.7 Å². The normalized spacial score (nSPS) is 23.3. The number of hydrogen-bond acceptors (Lipinski definition) is 2. The average Bonchev–Trinajstić information content (AvgIpc) is 2.98. The minimum Gasteiger partial charge on any atom is -0.332 e. The van der Waals surface area contributed by atoms with Gasteiger partial charge in [0.15, 0.2) is 0 Å². The van der Waals surface area contributed by atoms with E-state index in [1.54, 1.807) is 0 Å². The van der Waals surface area contributed by atoms with Gasteiger partial charge >= 0.3 is 0 Å². The van der Waals surface area contributed by atoms with E-state index in [-0.39, 0.29) is 0 Å². The van der Waals surface area contributed by atoms with Crippen LogP contribution < -0.4 is 5.32 Å². The Morgan fingerprint density at radius 1 is 1.28 bits per heavy atom. The molecule has 1 unspecified atom stereocenters. The van der Waals surface area contributed by atoms with Crippen LogP contribution >= 0.6 is 0 Å². The molecule has 1 aromatic rings. The molecule has 100 valence electrons. The molecule has 3 rings (SSSR count). The molecule has 2 heterocycles. The van der Waals surface area contributed by atoms with Crippen LogP contribution in [-0.2, 0) is 19.4 Å². The lowest BCUT2D eigenvalue weighted by Crippen LogP contribution is -2.21. The van der Waals surface area contributed by atoms with Crippen molar-refractivity contribution in [3.63, 3.8) is 0 Å². The van der Waals surface area contributed by atoms with Gasteiger partial charge in [-0.15, -0.1) is 0 Å². The van der Waals surface area contributed by atoms with Crippen molar-refractivity contribution in [2.75, 3.05) is 6.54 Å². The maximum Gasteiger partial charge on any atom is 0.106 e. The van der Waals surface area contributed by atoms with Gasteiger partial charge in [-0.05, 0) is 64.8 Å². The van der Waals surface area contributed by atoms with Crippen LogP contribution in [0.15, 0.2) is 0 Å². The molecule has 1 aromatic heterocycles. The Kier molecular flexibility index (Phi) is 3.69. The van der Waals surface area contributed by atoms with E-state index in [1.807, 2.05) is 0 Å². The molecule has 1 aliphatic heterocycles. The van der Waals surface area contributed by atoms with Gasteiger partial charge in [0.1, 0.15) is 5.82 Å². The van der Waals surface area contributed by atoms with Crippen LogP contribution in [0.25, 0.3) is 0 Å². The van der Waals surface area contributed by atoms with E-state index in [0.29, 0.717) is 0 Å². The average molecular weight is 247 g/mol. The van der Waals surface area contributed by atoms with Crippen molar-refractivity contribution < 1.29 is 0 Å². The van der Waals surface area contributed by atoms with Gasteiger partial charge in [-0.3, -0.25) is 0 Å². The molecule has 1 N–H and O–H groups in total. The van der Waals surface area contributed by atoms with Crippen LogP contribution in [0, 0.1) is 6.92 Å². The van der Waals surface area contributed by atoms with Crippen LogP contribution in [-0.4, -0.2) is 22.1 Å². The van der Waals surface area contributed by atoms with Crippen molar-refractivity contribution in [1.82, 2.24) is 14.9 Å². The highest BCUT2D eigenvalue weighted by molar-refractivity contribution is 5.19. The summed E-state index contributed by atoms with van der Waals surface area (Å²) in [5, 5.41) is 3.59. The van der Waals surface area contributed by atoms with E-state index in [0.717, 1.165) is 6.04 Å². The second kappa shape index (κ2) is 5.43. The standard InChI is InChI=1S/C15H25N3/c1-12-17-14-8-2-3-9-15(14)18(12)11-5-7-13-6-4-10-16-13/h13,16H,2-11H2,1H3. The summed E-state index contributed by atoms with van der Waals surface area (Å²) in [7, 11) is 0. The van der Waals surface area contributed by atoms with Crippen molar-refractivity contribution in [1.29, 1.82) is 0 Å². The van der Waals surface area contributed by atoms with Crippen molar-refractivity contribution in [2.24, 2.45) is 0 Å². The van der Waals surface area contributed by atoms with Crippen molar-refractivity contribution in [3.8, 4) is 0 Å². The lowest BCUT2D eigenvalue weighted by atomic mass is 10.0. The molecule has 0 saturated carbocycles. The third-order valence-corrected chi connectivity index (χ3v) is 4.52. The van der Waals surface area contributed by atoms with Crippen LogP contribution in [0.1, 0.15) is 55.7 Å². The largest absolute Gasteiger partial charge is 0.332 e. The Labute approximate surface area is 110 Å². The van der Waals surface area contributed by atoms with Gasteiger partial charge in [0.05, 0.1) is 5.69 Å². The summed E-state index contributed by atoms with van der Waals surface area (Å²) in [6.07, 6.45) is 10.5. The van der Waals surface area contributed by atoms with Crippen LogP contribution in [0.5, 0.6) is 0 Å². The Morgan fingerprint density at radius 3 is 3.00 bits per heavy atom. The monoisotopic (exact) mass is 247 g/mol. The van der Waals surface area contributed by atoms with E-state index in [9.17, 15) is 0 Å². The molecule has 0 amide bonds. The van der Waals surface area contributed by atoms with Gasteiger partial charge in [0.2, 0.25) is 0 Å². The lowest BCUT2D eigenvalue weighted by Gasteiger charge is -2.16. The van der Waals surface area contributed by atoms with Gasteiger partial charge in [-0.1, -0.05) is 0 Å². The molecule has 0 radical (unpaired) electrons. The molecule has 1 fully saturated rings. The molecule has 0 bridgehead atoms. The Bertz CT molecular complexity index is 402. The van der Waals surface area contributed by atoms with E-state index >= 15 is 0 Å². The second-order valence-corrected chi connectivity index (χ2v) is 5.85. The first kappa shape index (κ1) is 12.2. The summed E-state index contributed by atoms with van der Waals surface area (Å²) in [5.41, 5.74) is 2.93. The molecule has 1 saturated heterocycles. The van der Waals surface area contributed by atoms with Gasteiger partial charge < -0.3 is 9.88 Å². The number of fused-ring (bicyclic) bond motifs is 1. The van der Waals surface area contributed by atoms with Crippen molar-refractivity contribution in [2.45, 2.75) is 70.9 Å². The summed E-state index contributed by atoms with van der Waals surface area (Å²) in [5.74, 6) is 1.24. The predicted octanol–water partition coefficient (Wildman–Crippen LogP) is 2.60. The summed E-state index contributed by atoms with van der Waals surface area (Å²) >= 11 is 0. The van der Waals surface area contributed by atoms with E-state index in [4.69, 9.17) is 4.98 Å². The van der Waals surface area contributed by atoms with Gasteiger partial charge in [0, 0.05) is 18.3 Å². The van der Waals surface area contributed by atoms with Gasteiger partial charge in [-0.2, -0.15) is 0 Å². The van der Waals surface area contributed by atoms with Crippen LogP contribution in [0.2, 0.25) is 0 Å². The molecule has 2 aliphatic rings. The molecule has 0 spiro atoms. The van der Waals surface area contributed by atoms with E-state index < -0.39 is 0 Å². The van der Waals surface area contributed by atoms with E-state index in [2.05, 4.69) is 16.8 Å². The minimum absolute atomic E-state index is 0.782. The van der Waals surface area contributed by atoms with Crippen molar-refractivity contribution in [3.05, 3.63) is 17.2 Å². The number of nitrogens with one attached hydrogen (secondary N) is 1. The molecule has 3 nitrogen and oxygen atoms in total. The topological polar surface area (TPSA) is 29.9 Å². The molecular formula is C15H25N3. The first-order chi connectivity index (χ1) is 8.84. The van der Waals surface area contributed by atoms with Gasteiger partial charge in [0.25, 0.3) is 0 Å². The Hall–Kier alpha value is -0.830. The van der Waals surface area contributed by atoms with Crippen molar-refractivity contribution >= 4 is 0 Å². The summed E-state index contributed by atoms with van der Waals surface area (Å²) in [6, 6.07) is 0.782. The minimum atomic E-state index is 0.782. The zero-order chi connectivity index (χ0) is 12.4. The molecule has 3 heteroatoms. The lowest BCUT2D eigenvalue weighted by molar-refractivity contribution is 0.488. The smallest absolute Gasteiger partial charge is 0.106 e. The first-order valence-electron chi connectivity index (χ1n) is 7.63. The predicted molar refractivity (Wildman–Crippen MR) is 73.9 cm³/mol. The third kappa shape index (κ3) is 2.46. The zero-order valence-electron chi connectivity index (χ0n) is 11.5. The molecule has 1 aliphatic carbocycles. The number of aromatic nitrogens is 2. The van der Waals surface area contributed by atoms with Crippen LogP contribution in [0.3, 0.4) is 0 Å². The number of nitrogens with zero attached hydrogens (tertiary/aromatic N) is 2. The highest BCUT2D eigenvalue weighted by Crippen LogP contribution is 2.23. The fourth-order valence-corrected chi connectivity index (χ4v) is 3.53. The number of hydrogen-bond donors (Lipinski definition) is 1. The van der Waals surface area contributed by atoms with Crippen LogP contribution in [0.4, 0.5) is 0 Å². The highest BCUT2D eigenvalue weighted by Gasteiger charge is 2.18. The molecule has 1 atom stereocenters. The number of rotatable bonds is 4. The molecule has 0 aromatic carbocycles. The number of imidazole rings is 1. The summed E-state index contributed by atoms with van der Waals surface area (Å²) in [6.45, 7) is 4.57. The number of aryl methyl sites for hydroxylation is 2. The summed E-state index contributed by atoms with van der Waals surface area (Å²) < 4.78 is 2.49. The first-order valence-corrected chi connectivity index (χ1v) is 7.63. The fourth-order valence-electron chi connectivity index (χ4n) is 3.53. The SMILES string of the molecule is Cc1nc2c(n1CCCC1CCCN1)CCCC2. The fraction of sp³-hybridized carbons (Fsp3) is 0.800. The third-order valence-electron chi connectivity index (χ3n) is 4.52.